The van der Waals surface area contributed by atoms with E-state index in [1.807, 2.05) is 17.2 Å². The standard InChI is InChI=1S/C19H27N7O/c1-16-5-2-3-10-26(16)18-7-6-17(21-22-18)23-11-13-24(14-12-23)19(27)15-25-9-4-8-20-25/h4,6-9,16H,2-3,5,10-15H2,1H3. The number of hydrogen-bond acceptors (Lipinski definition) is 6. The monoisotopic (exact) mass is 369 g/mol. The first-order valence-corrected chi connectivity index (χ1v) is 9.81. The second-order valence-electron chi connectivity index (χ2n) is 7.36. The molecule has 2 aromatic rings. The summed E-state index contributed by atoms with van der Waals surface area (Å²) < 4.78 is 1.67. The lowest BCUT2D eigenvalue weighted by atomic mass is 10.0. The Hall–Kier alpha value is -2.64. The van der Waals surface area contributed by atoms with Gasteiger partial charge in [0.2, 0.25) is 5.91 Å². The number of anilines is 2. The summed E-state index contributed by atoms with van der Waals surface area (Å²) in [6, 6.07) is 6.51. The van der Waals surface area contributed by atoms with Gasteiger partial charge in [0.25, 0.3) is 0 Å². The molecule has 0 saturated carbocycles. The van der Waals surface area contributed by atoms with Crippen molar-refractivity contribution in [3.8, 4) is 0 Å². The molecule has 4 heterocycles. The first-order chi connectivity index (χ1) is 13.2. The summed E-state index contributed by atoms with van der Waals surface area (Å²) in [5, 5.41) is 13.0. The third-order valence-corrected chi connectivity index (χ3v) is 5.55. The molecular weight excluding hydrogens is 342 g/mol. The molecule has 8 heteroatoms. The molecule has 2 saturated heterocycles. The maximum Gasteiger partial charge on any atom is 0.244 e. The maximum absolute atomic E-state index is 12.4. The van der Waals surface area contributed by atoms with Crippen LogP contribution >= 0.6 is 0 Å². The van der Waals surface area contributed by atoms with E-state index in [0.717, 1.165) is 31.3 Å². The summed E-state index contributed by atoms with van der Waals surface area (Å²) in [6.45, 7) is 6.58. The predicted molar refractivity (Wildman–Crippen MR) is 104 cm³/mol. The number of piperazine rings is 1. The zero-order valence-electron chi connectivity index (χ0n) is 15.9. The fraction of sp³-hybridized carbons (Fsp3) is 0.579. The van der Waals surface area contributed by atoms with Crippen LogP contribution in [0.15, 0.2) is 30.6 Å². The summed E-state index contributed by atoms with van der Waals surface area (Å²) in [7, 11) is 0. The fourth-order valence-corrected chi connectivity index (χ4v) is 3.90. The summed E-state index contributed by atoms with van der Waals surface area (Å²) in [6.07, 6.45) is 7.25. The van der Waals surface area contributed by atoms with Gasteiger partial charge in [-0.15, -0.1) is 10.2 Å². The molecule has 0 aromatic carbocycles. The largest absolute Gasteiger partial charge is 0.352 e. The summed E-state index contributed by atoms with van der Waals surface area (Å²) in [4.78, 5) is 18.8. The molecule has 1 amide bonds. The lowest BCUT2D eigenvalue weighted by Crippen LogP contribution is -2.50. The molecular formula is C19H27N7O. The first kappa shape index (κ1) is 17.8. The van der Waals surface area contributed by atoms with Gasteiger partial charge in [-0.3, -0.25) is 9.48 Å². The van der Waals surface area contributed by atoms with Crippen molar-refractivity contribution in [2.45, 2.75) is 38.8 Å². The van der Waals surface area contributed by atoms with Crippen molar-refractivity contribution in [1.82, 2.24) is 24.9 Å². The second kappa shape index (κ2) is 7.94. The van der Waals surface area contributed by atoms with Gasteiger partial charge in [-0.05, 0) is 44.4 Å². The Labute approximate surface area is 159 Å². The molecule has 0 N–H and O–H groups in total. The minimum Gasteiger partial charge on any atom is -0.352 e. The predicted octanol–water partition coefficient (Wildman–Crippen LogP) is 1.40. The van der Waals surface area contributed by atoms with E-state index >= 15 is 0 Å². The Morgan fingerprint density at radius 2 is 1.85 bits per heavy atom. The second-order valence-corrected chi connectivity index (χ2v) is 7.36. The molecule has 0 aliphatic carbocycles. The van der Waals surface area contributed by atoms with E-state index in [-0.39, 0.29) is 5.91 Å². The minimum absolute atomic E-state index is 0.110. The number of piperidine rings is 1. The molecule has 4 rings (SSSR count). The van der Waals surface area contributed by atoms with Crippen LogP contribution in [0.1, 0.15) is 26.2 Å². The van der Waals surface area contributed by atoms with Gasteiger partial charge in [-0.25, -0.2) is 0 Å². The zero-order valence-corrected chi connectivity index (χ0v) is 15.9. The topological polar surface area (TPSA) is 70.4 Å². The van der Waals surface area contributed by atoms with Crippen molar-refractivity contribution in [1.29, 1.82) is 0 Å². The number of amides is 1. The Bertz CT molecular complexity index is 738. The zero-order chi connectivity index (χ0) is 18.6. The maximum atomic E-state index is 12.4. The van der Waals surface area contributed by atoms with E-state index in [1.54, 1.807) is 10.9 Å². The molecule has 27 heavy (non-hydrogen) atoms. The molecule has 1 atom stereocenters. The van der Waals surface area contributed by atoms with E-state index in [4.69, 9.17) is 0 Å². The average molecular weight is 369 g/mol. The highest BCUT2D eigenvalue weighted by Gasteiger charge is 2.23. The normalized spacial score (nSPS) is 20.8. The van der Waals surface area contributed by atoms with Gasteiger partial charge in [0.15, 0.2) is 11.6 Å². The van der Waals surface area contributed by atoms with Crippen molar-refractivity contribution < 1.29 is 4.79 Å². The molecule has 0 spiro atoms. The molecule has 0 radical (unpaired) electrons. The van der Waals surface area contributed by atoms with E-state index in [2.05, 4.69) is 44.2 Å². The summed E-state index contributed by atoms with van der Waals surface area (Å²) in [5.74, 6) is 1.97. The smallest absolute Gasteiger partial charge is 0.244 e. The van der Waals surface area contributed by atoms with Crippen LogP contribution in [0.2, 0.25) is 0 Å². The molecule has 2 aromatic heterocycles. The van der Waals surface area contributed by atoms with Crippen molar-refractivity contribution in [2.75, 3.05) is 42.5 Å². The Kier molecular flexibility index (Phi) is 5.22. The minimum atomic E-state index is 0.110. The van der Waals surface area contributed by atoms with Gasteiger partial charge in [0, 0.05) is 51.2 Å². The summed E-state index contributed by atoms with van der Waals surface area (Å²) in [5.41, 5.74) is 0. The van der Waals surface area contributed by atoms with Crippen molar-refractivity contribution in [2.24, 2.45) is 0 Å². The van der Waals surface area contributed by atoms with Crippen LogP contribution in [-0.4, -0.2) is 69.6 Å². The van der Waals surface area contributed by atoms with Gasteiger partial charge in [-0.2, -0.15) is 5.10 Å². The molecule has 0 bridgehead atoms. The van der Waals surface area contributed by atoms with Crippen LogP contribution in [-0.2, 0) is 11.3 Å². The van der Waals surface area contributed by atoms with Crippen molar-refractivity contribution >= 4 is 17.5 Å². The van der Waals surface area contributed by atoms with Crippen LogP contribution in [0.4, 0.5) is 11.6 Å². The average Bonchev–Trinajstić information content (AvgIpc) is 3.22. The SMILES string of the molecule is CC1CCCCN1c1ccc(N2CCN(C(=O)Cn3cccn3)CC2)nn1. The van der Waals surface area contributed by atoms with E-state index in [1.165, 1.54) is 19.3 Å². The van der Waals surface area contributed by atoms with Gasteiger partial charge < -0.3 is 14.7 Å². The van der Waals surface area contributed by atoms with E-state index < -0.39 is 0 Å². The number of rotatable bonds is 4. The molecule has 2 aliphatic rings. The molecule has 1 unspecified atom stereocenters. The molecule has 2 aliphatic heterocycles. The Balaban J connectivity index is 1.32. The third-order valence-electron chi connectivity index (χ3n) is 5.55. The highest BCUT2D eigenvalue weighted by molar-refractivity contribution is 5.76. The lowest BCUT2D eigenvalue weighted by molar-refractivity contribution is -0.132. The highest BCUT2D eigenvalue weighted by atomic mass is 16.2. The van der Waals surface area contributed by atoms with Crippen LogP contribution in [0.3, 0.4) is 0 Å². The Morgan fingerprint density at radius 1 is 1.07 bits per heavy atom. The quantitative estimate of drug-likeness (QED) is 0.811. The van der Waals surface area contributed by atoms with Gasteiger partial charge >= 0.3 is 0 Å². The number of carbonyl (C=O) groups is 1. The number of hydrogen-bond donors (Lipinski definition) is 0. The number of nitrogens with zero attached hydrogens (tertiary/aromatic N) is 7. The van der Waals surface area contributed by atoms with Crippen LogP contribution in [0.25, 0.3) is 0 Å². The summed E-state index contributed by atoms with van der Waals surface area (Å²) >= 11 is 0. The lowest BCUT2D eigenvalue weighted by Gasteiger charge is -2.36. The number of carbonyl (C=O) groups excluding carboxylic acids is 1. The van der Waals surface area contributed by atoms with Gasteiger partial charge in [0.05, 0.1) is 0 Å². The van der Waals surface area contributed by atoms with Crippen LogP contribution < -0.4 is 9.80 Å². The van der Waals surface area contributed by atoms with Gasteiger partial charge in [-0.1, -0.05) is 0 Å². The Morgan fingerprint density at radius 3 is 2.52 bits per heavy atom. The number of aromatic nitrogens is 4. The molecule has 144 valence electrons. The van der Waals surface area contributed by atoms with Gasteiger partial charge in [0.1, 0.15) is 6.54 Å². The molecule has 2 fully saturated rings. The fourth-order valence-electron chi connectivity index (χ4n) is 3.90. The van der Waals surface area contributed by atoms with Crippen molar-refractivity contribution in [3.05, 3.63) is 30.6 Å². The first-order valence-electron chi connectivity index (χ1n) is 9.81. The van der Waals surface area contributed by atoms with Crippen molar-refractivity contribution in [3.63, 3.8) is 0 Å². The third kappa shape index (κ3) is 4.04. The van der Waals surface area contributed by atoms with Crippen LogP contribution in [0, 0.1) is 0 Å². The van der Waals surface area contributed by atoms with E-state index in [0.29, 0.717) is 25.7 Å². The van der Waals surface area contributed by atoms with E-state index in [9.17, 15) is 4.79 Å². The highest BCUT2D eigenvalue weighted by Crippen LogP contribution is 2.23. The molecule has 8 nitrogen and oxygen atoms in total. The van der Waals surface area contributed by atoms with Crippen LogP contribution in [0.5, 0.6) is 0 Å².